The topological polar surface area (TPSA) is 42.1 Å². The largest absolute Gasteiger partial charge is 0.364 e. The average Bonchev–Trinajstić information content (AvgIpc) is 2.17. The van der Waals surface area contributed by atoms with E-state index < -0.39 is 6.43 Å². The van der Waals surface area contributed by atoms with Crippen LogP contribution in [0.3, 0.4) is 0 Å². The van der Waals surface area contributed by atoms with Crippen LogP contribution in [0.1, 0.15) is 0 Å². The van der Waals surface area contributed by atoms with Crippen LogP contribution in [0.4, 0.5) is 14.5 Å². The molecule has 0 aliphatic heterocycles. The summed E-state index contributed by atoms with van der Waals surface area (Å²) in [5.74, 6) is 0. The van der Waals surface area contributed by atoms with Gasteiger partial charge in [0.05, 0.1) is 16.7 Å². The second-order valence-corrected chi connectivity index (χ2v) is 3.81. The van der Waals surface area contributed by atoms with Gasteiger partial charge in [0.2, 0.25) is 0 Å². The van der Waals surface area contributed by atoms with Crippen molar-refractivity contribution in [1.29, 1.82) is 0 Å². The van der Waals surface area contributed by atoms with Gasteiger partial charge >= 0.3 is 0 Å². The fourth-order valence-electron chi connectivity index (χ4n) is 1.26. The number of aromatic nitrogens is 1. The van der Waals surface area contributed by atoms with E-state index in [9.17, 15) is 8.78 Å². The number of pyridine rings is 1. The summed E-state index contributed by atoms with van der Waals surface area (Å²) in [7, 11) is 0. The molecule has 0 spiro atoms. The van der Waals surface area contributed by atoms with Crippen LogP contribution in [0.5, 0.6) is 0 Å². The molecule has 1 heterocycles. The molecule has 1 rings (SSSR count). The normalized spacial score (nSPS) is 10.7. The van der Waals surface area contributed by atoms with E-state index in [1.807, 2.05) is 0 Å². The Morgan fingerprint density at radius 1 is 1.53 bits per heavy atom. The smallest absolute Gasteiger partial charge is 0.255 e. The maximum atomic E-state index is 12.3. The fraction of sp³-hybridized carbons (Fsp3) is 0.444. The van der Waals surface area contributed by atoms with E-state index in [0.717, 1.165) is 0 Å². The molecule has 0 unspecified atom stereocenters. The fourth-order valence-corrected chi connectivity index (χ4v) is 1.76. The molecule has 6 heteroatoms. The summed E-state index contributed by atoms with van der Waals surface area (Å²) >= 11 is 3.27. The maximum Gasteiger partial charge on any atom is 0.255 e. The van der Waals surface area contributed by atoms with Crippen LogP contribution in [0, 0.1) is 0 Å². The summed E-state index contributed by atoms with van der Waals surface area (Å²) in [5.41, 5.74) is 6.07. The van der Waals surface area contributed by atoms with Gasteiger partial charge in [0, 0.05) is 25.5 Å². The van der Waals surface area contributed by atoms with Crippen molar-refractivity contribution in [3.63, 3.8) is 0 Å². The van der Waals surface area contributed by atoms with E-state index in [-0.39, 0.29) is 6.54 Å². The summed E-state index contributed by atoms with van der Waals surface area (Å²) in [6.07, 6.45) is 0.760. The van der Waals surface area contributed by atoms with Crippen molar-refractivity contribution in [1.82, 2.24) is 4.98 Å². The molecule has 0 atom stereocenters. The molecule has 15 heavy (non-hydrogen) atoms. The predicted octanol–water partition coefficient (Wildman–Crippen LogP) is 1.87. The first-order valence-corrected chi connectivity index (χ1v) is 5.27. The average molecular weight is 280 g/mol. The van der Waals surface area contributed by atoms with Gasteiger partial charge in [-0.15, -0.1) is 0 Å². The number of halogens is 3. The summed E-state index contributed by atoms with van der Waals surface area (Å²) in [4.78, 5) is 5.41. The number of rotatable bonds is 5. The van der Waals surface area contributed by atoms with Crippen LogP contribution < -0.4 is 10.6 Å². The van der Waals surface area contributed by atoms with E-state index in [1.54, 1.807) is 18.5 Å². The van der Waals surface area contributed by atoms with Crippen LogP contribution in [0.25, 0.3) is 0 Å². The van der Waals surface area contributed by atoms with E-state index >= 15 is 0 Å². The van der Waals surface area contributed by atoms with Gasteiger partial charge in [-0.3, -0.25) is 4.98 Å². The maximum absolute atomic E-state index is 12.3. The molecule has 0 saturated carbocycles. The first-order chi connectivity index (χ1) is 7.15. The number of hydrogen-bond acceptors (Lipinski definition) is 3. The second kappa shape index (κ2) is 5.97. The summed E-state index contributed by atoms with van der Waals surface area (Å²) in [6.45, 7) is 0.411. The minimum Gasteiger partial charge on any atom is -0.364 e. The van der Waals surface area contributed by atoms with E-state index in [1.165, 1.54) is 4.90 Å². The number of alkyl halides is 2. The third kappa shape index (κ3) is 3.71. The Labute approximate surface area is 95.4 Å². The lowest BCUT2D eigenvalue weighted by atomic mass is 10.3. The lowest BCUT2D eigenvalue weighted by molar-refractivity contribution is 0.155. The molecule has 0 saturated heterocycles. The van der Waals surface area contributed by atoms with Gasteiger partial charge in [0.15, 0.2) is 0 Å². The van der Waals surface area contributed by atoms with Crippen molar-refractivity contribution >= 4 is 21.6 Å². The Hall–Kier alpha value is -0.750. The van der Waals surface area contributed by atoms with E-state index in [0.29, 0.717) is 23.2 Å². The van der Waals surface area contributed by atoms with Crippen molar-refractivity contribution < 1.29 is 8.78 Å². The van der Waals surface area contributed by atoms with Crippen LogP contribution in [-0.4, -0.2) is 31.0 Å². The van der Waals surface area contributed by atoms with Crippen LogP contribution in [-0.2, 0) is 0 Å². The molecule has 0 aromatic carbocycles. The summed E-state index contributed by atoms with van der Waals surface area (Å²) < 4.78 is 25.3. The Bertz CT molecular complexity index is 309. The SMILES string of the molecule is NCCN(CC(F)F)c1ccncc1Br. The third-order valence-corrected chi connectivity index (χ3v) is 2.46. The minimum absolute atomic E-state index is 0.320. The molecule has 0 fully saturated rings. The van der Waals surface area contributed by atoms with Crippen LogP contribution in [0.2, 0.25) is 0 Å². The molecular formula is C9H12BrF2N3. The molecule has 3 nitrogen and oxygen atoms in total. The van der Waals surface area contributed by atoms with E-state index in [4.69, 9.17) is 5.73 Å². The van der Waals surface area contributed by atoms with Gasteiger partial charge in [0.25, 0.3) is 6.43 Å². The number of anilines is 1. The lowest BCUT2D eigenvalue weighted by Gasteiger charge is -2.24. The lowest BCUT2D eigenvalue weighted by Crippen LogP contribution is -2.33. The Balaban J connectivity index is 2.83. The quantitative estimate of drug-likeness (QED) is 0.895. The molecule has 84 valence electrons. The number of nitrogens with zero attached hydrogens (tertiary/aromatic N) is 2. The Kier molecular flexibility index (Phi) is 4.90. The molecule has 0 aliphatic rings. The zero-order chi connectivity index (χ0) is 11.3. The summed E-state index contributed by atoms with van der Waals surface area (Å²) in [6, 6.07) is 1.68. The molecule has 1 aromatic heterocycles. The zero-order valence-corrected chi connectivity index (χ0v) is 9.62. The first kappa shape index (κ1) is 12.3. The number of hydrogen-bond donors (Lipinski definition) is 1. The number of nitrogens with two attached hydrogens (primary N) is 1. The highest BCUT2D eigenvalue weighted by Gasteiger charge is 2.14. The molecular weight excluding hydrogens is 268 g/mol. The van der Waals surface area contributed by atoms with Gasteiger partial charge in [-0.25, -0.2) is 8.78 Å². The van der Waals surface area contributed by atoms with Gasteiger partial charge in [-0.05, 0) is 22.0 Å². The van der Waals surface area contributed by atoms with E-state index in [2.05, 4.69) is 20.9 Å². The highest BCUT2D eigenvalue weighted by Crippen LogP contribution is 2.24. The van der Waals surface area contributed by atoms with Gasteiger partial charge in [-0.1, -0.05) is 0 Å². The highest BCUT2D eigenvalue weighted by molar-refractivity contribution is 9.10. The first-order valence-electron chi connectivity index (χ1n) is 4.48. The molecule has 1 aromatic rings. The Morgan fingerprint density at radius 3 is 2.80 bits per heavy atom. The van der Waals surface area contributed by atoms with Gasteiger partial charge < -0.3 is 10.6 Å². The van der Waals surface area contributed by atoms with Crippen LogP contribution >= 0.6 is 15.9 Å². The van der Waals surface area contributed by atoms with Crippen molar-refractivity contribution in [2.45, 2.75) is 6.43 Å². The van der Waals surface area contributed by atoms with Crippen LogP contribution in [0.15, 0.2) is 22.9 Å². The highest BCUT2D eigenvalue weighted by atomic mass is 79.9. The third-order valence-electron chi connectivity index (χ3n) is 1.85. The van der Waals surface area contributed by atoms with Crippen molar-refractivity contribution in [2.75, 3.05) is 24.5 Å². The van der Waals surface area contributed by atoms with Crippen molar-refractivity contribution in [3.8, 4) is 0 Å². The van der Waals surface area contributed by atoms with Crippen molar-refractivity contribution in [3.05, 3.63) is 22.9 Å². The van der Waals surface area contributed by atoms with Crippen molar-refractivity contribution in [2.24, 2.45) is 5.73 Å². The summed E-state index contributed by atoms with van der Waals surface area (Å²) in [5, 5.41) is 0. The predicted molar refractivity (Wildman–Crippen MR) is 59.2 cm³/mol. The Morgan fingerprint density at radius 2 is 2.27 bits per heavy atom. The molecule has 0 amide bonds. The minimum atomic E-state index is -2.38. The standard InChI is InChI=1S/C9H12BrF2N3/c10-7-5-14-3-1-8(7)15(4-2-13)6-9(11)12/h1,3,5,9H,2,4,6,13H2. The zero-order valence-electron chi connectivity index (χ0n) is 8.04. The molecule has 2 N–H and O–H groups in total. The molecule has 0 aliphatic carbocycles. The molecule has 0 radical (unpaired) electrons. The monoisotopic (exact) mass is 279 g/mol. The van der Waals surface area contributed by atoms with Gasteiger partial charge in [0.1, 0.15) is 0 Å². The molecule has 0 bridgehead atoms. The van der Waals surface area contributed by atoms with Gasteiger partial charge in [-0.2, -0.15) is 0 Å². The second-order valence-electron chi connectivity index (χ2n) is 2.95.